The number of thioether (sulfide) groups is 1. The molecule has 1 N–H and O–H groups in total. The lowest BCUT2D eigenvalue weighted by atomic mass is 10.1. The standard InChI is InChI=1S/C18H15F2N3OS/c1-2-11-3-5-12(6-4-11)17-21-18(23-22-17)25-10-16(24)14-9-13(19)7-8-15(14)20/h3-9H,2,10H2,1H3,(H,21,22,23). The van der Waals surface area contributed by atoms with Gasteiger partial charge in [-0.3, -0.25) is 9.89 Å². The highest BCUT2D eigenvalue weighted by atomic mass is 32.2. The highest BCUT2D eigenvalue weighted by Crippen LogP contribution is 2.21. The SMILES string of the molecule is CCc1ccc(-c2nc(SCC(=O)c3cc(F)ccc3F)n[nH]2)cc1. The van der Waals surface area contributed by atoms with E-state index in [1.165, 1.54) is 5.56 Å². The van der Waals surface area contributed by atoms with Crippen molar-refractivity contribution >= 4 is 17.5 Å². The van der Waals surface area contributed by atoms with Crippen LogP contribution in [0.4, 0.5) is 8.78 Å². The molecule has 0 aliphatic rings. The minimum absolute atomic E-state index is 0.0769. The fraction of sp³-hybridized carbons (Fsp3) is 0.167. The zero-order valence-corrected chi connectivity index (χ0v) is 14.2. The summed E-state index contributed by atoms with van der Waals surface area (Å²) in [6.07, 6.45) is 0.955. The number of hydrogen-bond acceptors (Lipinski definition) is 4. The number of benzene rings is 2. The number of H-pyrrole nitrogens is 1. The second-order valence-corrected chi connectivity index (χ2v) is 6.30. The molecule has 0 saturated carbocycles. The Labute approximate surface area is 147 Å². The summed E-state index contributed by atoms with van der Waals surface area (Å²) in [4.78, 5) is 16.4. The maximum Gasteiger partial charge on any atom is 0.209 e. The van der Waals surface area contributed by atoms with Gasteiger partial charge in [-0.1, -0.05) is 43.0 Å². The van der Waals surface area contributed by atoms with E-state index in [2.05, 4.69) is 22.1 Å². The van der Waals surface area contributed by atoms with Crippen molar-refractivity contribution in [2.45, 2.75) is 18.5 Å². The van der Waals surface area contributed by atoms with Crippen molar-refractivity contribution in [2.75, 3.05) is 5.75 Å². The Balaban J connectivity index is 1.67. The van der Waals surface area contributed by atoms with Crippen molar-refractivity contribution in [3.63, 3.8) is 0 Å². The third-order valence-corrected chi connectivity index (χ3v) is 4.51. The number of aryl methyl sites for hydroxylation is 1. The number of halogens is 2. The fourth-order valence-corrected chi connectivity index (χ4v) is 2.94. The van der Waals surface area contributed by atoms with E-state index in [1.807, 2.05) is 24.3 Å². The van der Waals surface area contributed by atoms with Crippen LogP contribution in [0.1, 0.15) is 22.8 Å². The average molecular weight is 359 g/mol. The lowest BCUT2D eigenvalue weighted by molar-refractivity contribution is 0.101. The van der Waals surface area contributed by atoms with E-state index < -0.39 is 17.4 Å². The van der Waals surface area contributed by atoms with Crippen LogP contribution in [0.25, 0.3) is 11.4 Å². The van der Waals surface area contributed by atoms with Crippen LogP contribution in [0.15, 0.2) is 47.6 Å². The van der Waals surface area contributed by atoms with Crippen LogP contribution in [0.3, 0.4) is 0 Å². The second-order valence-electron chi connectivity index (χ2n) is 5.35. The van der Waals surface area contributed by atoms with Crippen molar-refractivity contribution in [2.24, 2.45) is 0 Å². The topological polar surface area (TPSA) is 58.6 Å². The molecule has 0 amide bonds. The van der Waals surface area contributed by atoms with Crippen molar-refractivity contribution < 1.29 is 13.6 Å². The zero-order chi connectivity index (χ0) is 17.8. The van der Waals surface area contributed by atoms with Crippen LogP contribution in [0.2, 0.25) is 0 Å². The molecule has 2 aromatic carbocycles. The summed E-state index contributed by atoms with van der Waals surface area (Å²) in [6, 6.07) is 10.7. The Bertz CT molecular complexity index is 894. The van der Waals surface area contributed by atoms with Gasteiger partial charge >= 0.3 is 0 Å². The number of carbonyl (C=O) groups is 1. The van der Waals surface area contributed by atoms with Gasteiger partial charge in [0.2, 0.25) is 5.16 Å². The van der Waals surface area contributed by atoms with Crippen LogP contribution in [-0.4, -0.2) is 26.7 Å². The first-order valence-electron chi connectivity index (χ1n) is 7.69. The molecule has 0 radical (unpaired) electrons. The van der Waals surface area contributed by atoms with Gasteiger partial charge in [-0.05, 0) is 30.2 Å². The van der Waals surface area contributed by atoms with E-state index in [4.69, 9.17) is 0 Å². The van der Waals surface area contributed by atoms with Gasteiger partial charge in [0.05, 0.1) is 11.3 Å². The number of Topliss-reactive ketones (excluding diaryl/α,β-unsaturated/α-hetero) is 1. The smallest absolute Gasteiger partial charge is 0.209 e. The molecule has 1 aromatic heterocycles. The van der Waals surface area contributed by atoms with E-state index in [9.17, 15) is 13.6 Å². The monoisotopic (exact) mass is 359 g/mol. The number of ketones is 1. The summed E-state index contributed by atoms with van der Waals surface area (Å²) < 4.78 is 26.8. The number of aromatic amines is 1. The first-order chi connectivity index (χ1) is 12.1. The Kier molecular flexibility index (Phi) is 5.23. The number of aromatic nitrogens is 3. The number of nitrogens with one attached hydrogen (secondary N) is 1. The molecular weight excluding hydrogens is 344 g/mol. The predicted octanol–water partition coefficient (Wildman–Crippen LogP) is 4.29. The molecule has 3 aromatic rings. The summed E-state index contributed by atoms with van der Waals surface area (Å²) in [5.41, 5.74) is 1.85. The molecule has 0 fully saturated rings. The highest BCUT2D eigenvalue weighted by Gasteiger charge is 2.15. The lowest BCUT2D eigenvalue weighted by Crippen LogP contribution is -2.06. The van der Waals surface area contributed by atoms with Crippen LogP contribution in [0, 0.1) is 11.6 Å². The van der Waals surface area contributed by atoms with Crippen molar-refractivity contribution in [3.8, 4) is 11.4 Å². The summed E-state index contributed by atoms with van der Waals surface area (Å²) >= 11 is 1.07. The largest absolute Gasteiger partial charge is 0.293 e. The van der Waals surface area contributed by atoms with Crippen molar-refractivity contribution in [1.82, 2.24) is 15.2 Å². The van der Waals surface area contributed by atoms with Gasteiger partial charge in [0.15, 0.2) is 11.6 Å². The summed E-state index contributed by atoms with van der Waals surface area (Å²) in [6.45, 7) is 2.08. The highest BCUT2D eigenvalue weighted by molar-refractivity contribution is 7.99. The van der Waals surface area contributed by atoms with Crippen LogP contribution in [-0.2, 0) is 6.42 Å². The molecule has 128 valence electrons. The molecule has 25 heavy (non-hydrogen) atoms. The molecule has 0 atom stereocenters. The third kappa shape index (κ3) is 4.11. The van der Waals surface area contributed by atoms with Crippen molar-refractivity contribution in [1.29, 1.82) is 0 Å². The summed E-state index contributed by atoms with van der Waals surface area (Å²) in [5.74, 6) is -1.38. The van der Waals surface area contributed by atoms with Gasteiger partial charge in [-0.25, -0.2) is 13.8 Å². The molecule has 7 heteroatoms. The molecule has 3 rings (SSSR count). The molecule has 1 heterocycles. The molecule has 0 saturated heterocycles. The molecular formula is C18H15F2N3OS. The van der Waals surface area contributed by atoms with Gasteiger partial charge in [0.1, 0.15) is 11.6 Å². The zero-order valence-electron chi connectivity index (χ0n) is 13.4. The Morgan fingerprint density at radius 1 is 1.16 bits per heavy atom. The predicted molar refractivity (Wildman–Crippen MR) is 92.6 cm³/mol. The average Bonchev–Trinajstić information content (AvgIpc) is 3.11. The molecule has 0 aliphatic heterocycles. The van der Waals surface area contributed by atoms with Crippen LogP contribution >= 0.6 is 11.8 Å². The Morgan fingerprint density at radius 3 is 2.64 bits per heavy atom. The van der Waals surface area contributed by atoms with Gasteiger partial charge in [0, 0.05) is 5.56 Å². The third-order valence-electron chi connectivity index (χ3n) is 3.66. The first kappa shape index (κ1) is 17.3. The first-order valence-corrected chi connectivity index (χ1v) is 8.68. The van der Waals surface area contributed by atoms with Gasteiger partial charge in [0.25, 0.3) is 0 Å². The molecule has 0 spiro atoms. The molecule has 0 unspecified atom stereocenters. The maximum atomic E-state index is 13.6. The number of carbonyl (C=O) groups excluding carboxylic acids is 1. The minimum atomic E-state index is -0.737. The van der Waals surface area contributed by atoms with Gasteiger partial charge in [-0.15, -0.1) is 5.10 Å². The summed E-state index contributed by atoms with van der Waals surface area (Å²) in [5, 5.41) is 7.24. The normalized spacial score (nSPS) is 10.8. The van der Waals surface area contributed by atoms with E-state index in [0.29, 0.717) is 11.0 Å². The minimum Gasteiger partial charge on any atom is -0.293 e. The van der Waals surface area contributed by atoms with Gasteiger partial charge < -0.3 is 0 Å². The van der Waals surface area contributed by atoms with E-state index in [0.717, 1.165) is 41.9 Å². The van der Waals surface area contributed by atoms with Crippen molar-refractivity contribution in [3.05, 3.63) is 65.2 Å². The van der Waals surface area contributed by atoms with E-state index >= 15 is 0 Å². The van der Waals surface area contributed by atoms with E-state index in [-0.39, 0.29) is 11.3 Å². The molecule has 0 bridgehead atoms. The molecule has 0 aliphatic carbocycles. The van der Waals surface area contributed by atoms with Crippen LogP contribution in [0.5, 0.6) is 0 Å². The van der Waals surface area contributed by atoms with E-state index in [1.54, 1.807) is 0 Å². The second kappa shape index (κ2) is 7.57. The molecule has 4 nitrogen and oxygen atoms in total. The Hall–Kier alpha value is -2.54. The maximum absolute atomic E-state index is 13.6. The number of rotatable bonds is 6. The number of nitrogens with zero attached hydrogens (tertiary/aromatic N) is 2. The lowest BCUT2D eigenvalue weighted by Gasteiger charge is -2.01. The van der Waals surface area contributed by atoms with Crippen LogP contribution < -0.4 is 0 Å². The fourth-order valence-electron chi connectivity index (χ4n) is 2.26. The quantitative estimate of drug-likeness (QED) is 0.527. The summed E-state index contributed by atoms with van der Waals surface area (Å²) in [7, 11) is 0. The Morgan fingerprint density at radius 2 is 1.92 bits per heavy atom. The number of hydrogen-bond donors (Lipinski definition) is 1. The van der Waals surface area contributed by atoms with Gasteiger partial charge in [-0.2, -0.15) is 0 Å².